The summed E-state index contributed by atoms with van der Waals surface area (Å²) >= 11 is 0. The number of hydrogen-bond donors (Lipinski definition) is 1. The van der Waals surface area contributed by atoms with Gasteiger partial charge in [-0.05, 0) is 79.4 Å². The highest BCUT2D eigenvalue weighted by molar-refractivity contribution is 5.79. The Labute approximate surface area is 180 Å². The Morgan fingerprint density at radius 2 is 1.80 bits per heavy atom. The average Bonchev–Trinajstić information content (AvgIpc) is 3.04. The SMILES string of the molecule is CC(=O)OCC(=O)NCC1CC[C@H]2[C@@H]3CCC4N(C)C(=O)CC[C@]4(C)[C@@H]3CC[C@]12C. The lowest BCUT2D eigenvalue weighted by Crippen LogP contribution is -2.61. The topological polar surface area (TPSA) is 75.7 Å². The van der Waals surface area contributed by atoms with Crippen LogP contribution < -0.4 is 5.32 Å². The average molecular weight is 419 g/mol. The summed E-state index contributed by atoms with van der Waals surface area (Å²) in [4.78, 5) is 37.3. The van der Waals surface area contributed by atoms with Gasteiger partial charge in [0.25, 0.3) is 5.91 Å². The van der Waals surface area contributed by atoms with Gasteiger partial charge in [0.2, 0.25) is 5.91 Å². The Bertz CT molecular complexity index is 724. The van der Waals surface area contributed by atoms with Crippen LogP contribution in [0.2, 0.25) is 0 Å². The number of ether oxygens (including phenoxy) is 1. The van der Waals surface area contributed by atoms with Crippen molar-refractivity contribution in [3.8, 4) is 0 Å². The van der Waals surface area contributed by atoms with E-state index in [0.717, 1.165) is 25.2 Å². The quantitative estimate of drug-likeness (QED) is 0.712. The van der Waals surface area contributed by atoms with Gasteiger partial charge in [0.15, 0.2) is 6.61 Å². The monoisotopic (exact) mass is 418 g/mol. The number of fused-ring (bicyclic) bond motifs is 5. The Morgan fingerprint density at radius 3 is 2.53 bits per heavy atom. The molecule has 0 radical (unpaired) electrons. The fraction of sp³-hybridized carbons (Fsp3) is 0.875. The van der Waals surface area contributed by atoms with Gasteiger partial charge < -0.3 is 15.0 Å². The zero-order valence-corrected chi connectivity index (χ0v) is 19.0. The molecule has 0 aromatic rings. The second-order valence-electron chi connectivity index (χ2n) is 10.9. The smallest absolute Gasteiger partial charge is 0.303 e. The van der Waals surface area contributed by atoms with Gasteiger partial charge in [-0.25, -0.2) is 0 Å². The largest absolute Gasteiger partial charge is 0.456 e. The number of hydrogen-bond acceptors (Lipinski definition) is 4. The van der Waals surface area contributed by atoms with Gasteiger partial charge in [-0.3, -0.25) is 14.4 Å². The highest BCUT2D eigenvalue weighted by Crippen LogP contribution is 2.66. The zero-order chi connectivity index (χ0) is 21.7. The number of esters is 1. The van der Waals surface area contributed by atoms with Crippen molar-refractivity contribution < 1.29 is 19.1 Å². The Hall–Kier alpha value is -1.59. The summed E-state index contributed by atoms with van der Waals surface area (Å²) in [6.07, 6.45) is 8.97. The van der Waals surface area contributed by atoms with E-state index in [1.54, 1.807) is 0 Å². The summed E-state index contributed by atoms with van der Waals surface area (Å²) < 4.78 is 4.82. The molecular weight excluding hydrogens is 380 g/mol. The Balaban J connectivity index is 1.43. The highest BCUT2D eigenvalue weighted by Gasteiger charge is 2.60. The molecule has 3 saturated carbocycles. The van der Waals surface area contributed by atoms with Gasteiger partial charge in [-0.15, -0.1) is 0 Å². The number of likely N-dealkylation sites (tertiary alicyclic amines) is 1. The molecule has 0 bridgehead atoms. The molecule has 4 fully saturated rings. The minimum atomic E-state index is -0.421. The summed E-state index contributed by atoms with van der Waals surface area (Å²) in [7, 11) is 2.02. The maximum atomic E-state index is 12.3. The standard InChI is InChI=1S/C24H38N2O4/c1-15(27)30-14-21(28)25-13-16-5-7-18-17-6-8-20-24(3,12-10-22(29)26(20)4)19(17)9-11-23(16,18)2/h16-20H,5-14H2,1-4H3,(H,25,28)/t16?,17-,18-,19+,20?,23+,24+/m0/s1. The molecule has 30 heavy (non-hydrogen) atoms. The van der Waals surface area contributed by atoms with Crippen molar-refractivity contribution in [2.45, 2.75) is 78.2 Å². The van der Waals surface area contributed by atoms with Crippen molar-refractivity contribution in [2.24, 2.45) is 34.5 Å². The van der Waals surface area contributed by atoms with Crippen molar-refractivity contribution in [2.75, 3.05) is 20.2 Å². The Kier molecular flexibility index (Phi) is 5.65. The lowest BCUT2D eigenvalue weighted by atomic mass is 9.47. The number of piperidine rings is 1. The molecule has 6 nitrogen and oxygen atoms in total. The molecule has 0 aromatic carbocycles. The second kappa shape index (κ2) is 7.83. The van der Waals surface area contributed by atoms with Crippen LogP contribution in [0.25, 0.3) is 0 Å². The number of carbonyl (C=O) groups excluding carboxylic acids is 3. The number of nitrogens with one attached hydrogen (secondary N) is 1. The second-order valence-corrected chi connectivity index (χ2v) is 10.9. The van der Waals surface area contributed by atoms with E-state index in [0.29, 0.717) is 42.7 Å². The molecule has 1 aliphatic heterocycles. The molecule has 0 aromatic heterocycles. The van der Waals surface area contributed by atoms with E-state index in [1.807, 2.05) is 7.05 Å². The van der Waals surface area contributed by atoms with Crippen molar-refractivity contribution in [1.29, 1.82) is 0 Å². The normalized spacial score (nSPS) is 42.7. The molecule has 6 heteroatoms. The van der Waals surface area contributed by atoms with Crippen LogP contribution in [0.5, 0.6) is 0 Å². The minimum absolute atomic E-state index is 0.182. The number of rotatable bonds is 4. The highest BCUT2D eigenvalue weighted by atomic mass is 16.5. The third-order valence-electron chi connectivity index (χ3n) is 9.71. The zero-order valence-electron chi connectivity index (χ0n) is 19.0. The number of carbonyl (C=O) groups is 3. The van der Waals surface area contributed by atoms with E-state index in [9.17, 15) is 14.4 Å². The van der Waals surface area contributed by atoms with Gasteiger partial charge in [-0.2, -0.15) is 0 Å². The molecule has 168 valence electrons. The first-order valence-corrected chi connectivity index (χ1v) is 11.8. The van der Waals surface area contributed by atoms with Gasteiger partial charge >= 0.3 is 5.97 Å². The van der Waals surface area contributed by atoms with E-state index >= 15 is 0 Å². The molecule has 1 N–H and O–H groups in total. The van der Waals surface area contributed by atoms with Crippen LogP contribution in [0.4, 0.5) is 0 Å². The van der Waals surface area contributed by atoms with E-state index in [4.69, 9.17) is 4.74 Å². The van der Waals surface area contributed by atoms with Crippen molar-refractivity contribution in [3.63, 3.8) is 0 Å². The van der Waals surface area contributed by atoms with Crippen LogP contribution in [-0.2, 0) is 19.1 Å². The maximum Gasteiger partial charge on any atom is 0.303 e. The van der Waals surface area contributed by atoms with Gasteiger partial charge in [0.1, 0.15) is 0 Å². The number of amides is 2. The van der Waals surface area contributed by atoms with E-state index in [2.05, 4.69) is 24.1 Å². The van der Waals surface area contributed by atoms with Crippen LogP contribution in [0.1, 0.15) is 72.1 Å². The first kappa shape index (κ1) is 21.6. The molecule has 1 heterocycles. The third-order valence-corrected chi connectivity index (χ3v) is 9.71. The first-order chi connectivity index (χ1) is 14.2. The summed E-state index contributed by atoms with van der Waals surface area (Å²) in [6, 6.07) is 0.405. The molecule has 3 aliphatic carbocycles. The van der Waals surface area contributed by atoms with E-state index < -0.39 is 5.97 Å². The summed E-state index contributed by atoms with van der Waals surface area (Å²) in [6.45, 7) is 6.74. The molecule has 2 unspecified atom stereocenters. The summed E-state index contributed by atoms with van der Waals surface area (Å²) in [5.41, 5.74) is 0.526. The molecule has 4 aliphatic rings. The predicted octanol–water partition coefficient (Wildman–Crippen LogP) is 3.15. The minimum Gasteiger partial charge on any atom is -0.456 e. The maximum absolute atomic E-state index is 12.3. The molecule has 0 spiro atoms. The summed E-state index contributed by atoms with van der Waals surface area (Å²) in [5.74, 6) is 2.36. The third kappa shape index (κ3) is 3.44. The molecule has 1 saturated heterocycles. The van der Waals surface area contributed by atoms with Gasteiger partial charge in [0, 0.05) is 33.0 Å². The molecule has 4 rings (SSSR count). The van der Waals surface area contributed by atoms with Crippen molar-refractivity contribution in [3.05, 3.63) is 0 Å². The first-order valence-electron chi connectivity index (χ1n) is 11.8. The van der Waals surface area contributed by atoms with Crippen LogP contribution in [0, 0.1) is 34.5 Å². The predicted molar refractivity (Wildman–Crippen MR) is 113 cm³/mol. The van der Waals surface area contributed by atoms with E-state index in [1.165, 1.54) is 32.6 Å². The van der Waals surface area contributed by atoms with Crippen LogP contribution in [0.15, 0.2) is 0 Å². The van der Waals surface area contributed by atoms with Gasteiger partial charge in [0.05, 0.1) is 0 Å². The lowest BCUT2D eigenvalue weighted by molar-refractivity contribution is -0.158. The van der Waals surface area contributed by atoms with Crippen LogP contribution >= 0.6 is 0 Å². The van der Waals surface area contributed by atoms with E-state index in [-0.39, 0.29) is 23.3 Å². The van der Waals surface area contributed by atoms with Crippen LogP contribution in [0.3, 0.4) is 0 Å². The van der Waals surface area contributed by atoms with Gasteiger partial charge in [-0.1, -0.05) is 13.8 Å². The van der Waals surface area contributed by atoms with Crippen molar-refractivity contribution in [1.82, 2.24) is 10.2 Å². The Morgan fingerprint density at radius 1 is 1.07 bits per heavy atom. The van der Waals surface area contributed by atoms with Crippen molar-refractivity contribution >= 4 is 17.8 Å². The molecule has 7 atom stereocenters. The fourth-order valence-electron chi connectivity index (χ4n) is 8.05. The lowest BCUT2D eigenvalue weighted by Gasteiger charge is -2.61. The van der Waals surface area contributed by atoms with Crippen LogP contribution in [-0.4, -0.2) is 48.9 Å². The molecule has 2 amide bonds. The molecular formula is C24H38N2O4. The number of nitrogens with zero attached hydrogens (tertiary/aromatic N) is 1. The fourth-order valence-corrected chi connectivity index (χ4v) is 8.05. The summed E-state index contributed by atoms with van der Waals surface area (Å²) in [5, 5.41) is 3.01.